The lowest BCUT2D eigenvalue weighted by atomic mass is 10.1. The largest absolute Gasteiger partial charge is 0.481 e. The van der Waals surface area contributed by atoms with Crippen molar-refractivity contribution in [2.75, 3.05) is 0 Å². The number of alkyl halides is 3. The molecule has 3 nitrogen and oxygen atoms in total. The van der Waals surface area contributed by atoms with Gasteiger partial charge in [0.1, 0.15) is 0 Å². The molecule has 0 aliphatic heterocycles. The van der Waals surface area contributed by atoms with Crippen LogP contribution in [0.25, 0.3) is 10.9 Å². The molecule has 0 fully saturated rings. The zero-order valence-electron chi connectivity index (χ0n) is 9.74. The Hall–Kier alpha value is -2.11. The van der Waals surface area contributed by atoms with E-state index in [-0.39, 0.29) is 18.4 Å². The molecule has 0 aliphatic rings. The predicted molar refractivity (Wildman–Crippen MR) is 62.7 cm³/mol. The summed E-state index contributed by atoms with van der Waals surface area (Å²) < 4.78 is 37.7. The molecule has 1 aromatic heterocycles. The molecule has 0 bridgehead atoms. The number of aryl methyl sites for hydroxylation is 1. The van der Waals surface area contributed by atoms with E-state index in [1.807, 2.05) is 0 Å². The van der Waals surface area contributed by atoms with Gasteiger partial charge in [0.2, 0.25) is 0 Å². The van der Waals surface area contributed by atoms with Gasteiger partial charge in [-0.15, -0.1) is 0 Å². The molecule has 0 atom stereocenters. The van der Waals surface area contributed by atoms with Crippen LogP contribution in [-0.2, 0) is 17.4 Å². The summed E-state index contributed by atoms with van der Waals surface area (Å²) in [6, 6.07) is 6.59. The molecule has 0 radical (unpaired) electrons. The molecular weight excluding hydrogens is 259 g/mol. The van der Waals surface area contributed by atoms with Crippen molar-refractivity contribution in [1.82, 2.24) is 4.98 Å². The van der Waals surface area contributed by atoms with Crippen LogP contribution < -0.4 is 0 Å². The number of carbonyl (C=O) groups is 1. The van der Waals surface area contributed by atoms with Gasteiger partial charge in [0, 0.05) is 17.5 Å². The van der Waals surface area contributed by atoms with Gasteiger partial charge in [0.25, 0.3) is 0 Å². The summed E-state index contributed by atoms with van der Waals surface area (Å²) in [7, 11) is 0. The Morgan fingerprint density at radius 2 is 1.89 bits per heavy atom. The van der Waals surface area contributed by atoms with Crippen LogP contribution in [-0.4, -0.2) is 16.1 Å². The maximum Gasteiger partial charge on any atom is 0.416 e. The summed E-state index contributed by atoms with van der Waals surface area (Å²) in [5, 5.41) is 9.15. The van der Waals surface area contributed by atoms with E-state index >= 15 is 0 Å². The molecule has 0 saturated heterocycles. The van der Waals surface area contributed by atoms with E-state index in [9.17, 15) is 18.0 Å². The lowest BCUT2D eigenvalue weighted by Crippen LogP contribution is -2.05. The normalized spacial score (nSPS) is 11.7. The number of fused-ring (bicyclic) bond motifs is 1. The molecule has 6 heteroatoms. The van der Waals surface area contributed by atoms with E-state index < -0.39 is 17.7 Å². The number of hydrogen-bond donors (Lipinski definition) is 1. The summed E-state index contributed by atoms with van der Waals surface area (Å²) in [4.78, 5) is 14.5. The first-order valence-electron chi connectivity index (χ1n) is 5.55. The number of carboxylic acid groups (broad SMARTS) is 1. The van der Waals surface area contributed by atoms with Gasteiger partial charge >= 0.3 is 12.1 Å². The second-order valence-electron chi connectivity index (χ2n) is 4.10. The van der Waals surface area contributed by atoms with Gasteiger partial charge in [0.15, 0.2) is 0 Å². The van der Waals surface area contributed by atoms with Crippen LogP contribution in [0.15, 0.2) is 30.3 Å². The van der Waals surface area contributed by atoms with Gasteiger partial charge in [-0.05, 0) is 18.2 Å². The molecule has 1 aromatic carbocycles. The topological polar surface area (TPSA) is 50.2 Å². The summed E-state index contributed by atoms with van der Waals surface area (Å²) >= 11 is 0. The monoisotopic (exact) mass is 269 g/mol. The maximum atomic E-state index is 12.6. The van der Waals surface area contributed by atoms with Crippen molar-refractivity contribution in [1.29, 1.82) is 0 Å². The number of hydrogen-bond acceptors (Lipinski definition) is 2. The Balaban J connectivity index is 2.37. The summed E-state index contributed by atoms with van der Waals surface area (Å²) in [5.41, 5.74) is -0.0742. The fourth-order valence-electron chi connectivity index (χ4n) is 1.71. The Labute approximate surface area is 106 Å². The number of aromatic nitrogens is 1. The van der Waals surface area contributed by atoms with Crippen molar-refractivity contribution in [2.24, 2.45) is 0 Å². The SMILES string of the molecule is O=C(O)CCc1ccc2ccc(C(F)(F)F)cc2n1. The van der Waals surface area contributed by atoms with Gasteiger partial charge in [-0.2, -0.15) is 13.2 Å². The minimum Gasteiger partial charge on any atom is -0.481 e. The van der Waals surface area contributed by atoms with E-state index in [0.717, 1.165) is 12.1 Å². The van der Waals surface area contributed by atoms with Crippen molar-refractivity contribution in [3.8, 4) is 0 Å². The zero-order valence-corrected chi connectivity index (χ0v) is 9.74. The Morgan fingerprint density at radius 1 is 1.21 bits per heavy atom. The second kappa shape index (κ2) is 4.87. The predicted octanol–water partition coefficient (Wildman–Crippen LogP) is 3.27. The van der Waals surface area contributed by atoms with Crippen molar-refractivity contribution in [3.05, 3.63) is 41.6 Å². The van der Waals surface area contributed by atoms with E-state index in [2.05, 4.69) is 4.98 Å². The smallest absolute Gasteiger partial charge is 0.416 e. The molecular formula is C13H10F3NO2. The first-order valence-corrected chi connectivity index (χ1v) is 5.55. The lowest BCUT2D eigenvalue weighted by Gasteiger charge is -2.08. The van der Waals surface area contributed by atoms with E-state index in [1.165, 1.54) is 6.07 Å². The van der Waals surface area contributed by atoms with E-state index in [0.29, 0.717) is 11.1 Å². The van der Waals surface area contributed by atoms with E-state index in [1.54, 1.807) is 12.1 Å². The average Bonchev–Trinajstić information content (AvgIpc) is 2.34. The van der Waals surface area contributed by atoms with Crippen molar-refractivity contribution in [2.45, 2.75) is 19.0 Å². The number of halogens is 3. The highest BCUT2D eigenvalue weighted by molar-refractivity contribution is 5.79. The molecule has 0 unspecified atom stereocenters. The summed E-state index contributed by atoms with van der Waals surface area (Å²) in [5.74, 6) is -0.967. The van der Waals surface area contributed by atoms with Crippen LogP contribution >= 0.6 is 0 Å². The minimum atomic E-state index is -4.41. The van der Waals surface area contributed by atoms with Crippen molar-refractivity contribution in [3.63, 3.8) is 0 Å². The molecule has 0 aliphatic carbocycles. The highest BCUT2D eigenvalue weighted by Gasteiger charge is 2.30. The fraction of sp³-hybridized carbons (Fsp3) is 0.231. The molecule has 19 heavy (non-hydrogen) atoms. The molecule has 0 spiro atoms. The number of carboxylic acids is 1. The van der Waals surface area contributed by atoms with Crippen molar-refractivity contribution < 1.29 is 23.1 Å². The lowest BCUT2D eigenvalue weighted by molar-refractivity contribution is -0.138. The number of aliphatic carboxylic acids is 1. The van der Waals surface area contributed by atoms with Gasteiger partial charge in [-0.1, -0.05) is 12.1 Å². The quantitative estimate of drug-likeness (QED) is 0.930. The number of pyridine rings is 1. The highest BCUT2D eigenvalue weighted by Crippen LogP contribution is 2.31. The molecule has 1 heterocycles. The number of nitrogens with zero attached hydrogens (tertiary/aromatic N) is 1. The molecule has 0 saturated carbocycles. The van der Waals surface area contributed by atoms with Gasteiger partial charge < -0.3 is 5.11 Å². The molecule has 0 amide bonds. The third kappa shape index (κ3) is 3.21. The second-order valence-corrected chi connectivity index (χ2v) is 4.10. The first-order chi connectivity index (χ1) is 8.86. The standard InChI is InChI=1S/C13H10F3NO2/c14-13(15,16)9-3-1-8-2-4-10(5-6-12(18)19)17-11(8)7-9/h1-4,7H,5-6H2,(H,18,19). The van der Waals surface area contributed by atoms with Crippen LogP contribution in [0.1, 0.15) is 17.7 Å². The van der Waals surface area contributed by atoms with Crippen LogP contribution in [0, 0.1) is 0 Å². The first kappa shape index (κ1) is 13.3. The average molecular weight is 269 g/mol. The Bertz CT molecular complexity index is 623. The van der Waals surface area contributed by atoms with Crippen LogP contribution in [0.2, 0.25) is 0 Å². The Morgan fingerprint density at radius 3 is 2.53 bits per heavy atom. The van der Waals surface area contributed by atoms with Crippen LogP contribution in [0.3, 0.4) is 0 Å². The van der Waals surface area contributed by atoms with Gasteiger partial charge in [0.05, 0.1) is 17.5 Å². The van der Waals surface area contributed by atoms with Gasteiger partial charge in [-0.25, -0.2) is 0 Å². The molecule has 1 N–H and O–H groups in total. The Kier molecular flexibility index (Phi) is 3.42. The third-order valence-electron chi connectivity index (χ3n) is 2.67. The number of rotatable bonds is 3. The van der Waals surface area contributed by atoms with Gasteiger partial charge in [-0.3, -0.25) is 9.78 Å². The third-order valence-corrected chi connectivity index (χ3v) is 2.67. The molecule has 2 rings (SSSR count). The highest BCUT2D eigenvalue weighted by atomic mass is 19.4. The molecule has 100 valence electrons. The molecule has 2 aromatic rings. The van der Waals surface area contributed by atoms with Crippen LogP contribution in [0.4, 0.5) is 13.2 Å². The summed E-state index contributed by atoms with van der Waals surface area (Å²) in [6.07, 6.45) is -4.31. The number of benzene rings is 1. The maximum absolute atomic E-state index is 12.6. The van der Waals surface area contributed by atoms with E-state index in [4.69, 9.17) is 5.11 Å². The fourth-order valence-corrected chi connectivity index (χ4v) is 1.71. The van der Waals surface area contributed by atoms with Crippen LogP contribution in [0.5, 0.6) is 0 Å². The minimum absolute atomic E-state index is 0.0997. The summed E-state index contributed by atoms with van der Waals surface area (Å²) in [6.45, 7) is 0. The van der Waals surface area contributed by atoms with Crippen molar-refractivity contribution >= 4 is 16.9 Å². The zero-order chi connectivity index (χ0) is 14.0.